The lowest BCUT2D eigenvalue weighted by atomic mass is 9.30. The normalized spacial score (nSPS) is 13.4. The fourth-order valence-corrected chi connectivity index (χ4v) is 13.2. The summed E-state index contributed by atoms with van der Waals surface area (Å²) in [6.45, 7) is 14.2. The number of rotatable bonds is 8. The minimum Gasteiger partial charge on any atom is -0.311 e. The quantitative estimate of drug-likeness (QED) is 0.141. The summed E-state index contributed by atoms with van der Waals surface area (Å²) in [7, 11) is 0. The first-order valence-corrected chi connectivity index (χ1v) is 27.0. The van der Waals surface area contributed by atoms with Crippen molar-refractivity contribution < 1.29 is 0 Å². The molecule has 4 heterocycles. The zero-order chi connectivity index (χ0) is 50.6. The van der Waals surface area contributed by atoms with E-state index < -0.39 is 0 Å². The molecule has 0 fully saturated rings. The molecule has 0 unspecified atom stereocenters. The summed E-state index contributed by atoms with van der Waals surface area (Å²) in [5, 5.41) is 2.49. The van der Waals surface area contributed by atoms with Crippen molar-refractivity contribution in [1.29, 1.82) is 0 Å². The molecular weight excluding hydrogens is 906 g/mol. The molecule has 3 aliphatic rings. The van der Waals surface area contributed by atoms with Gasteiger partial charge in [0.15, 0.2) is 0 Å². The molecule has 0 N–H and O–H groups in total. The molecule has 0 aliphatic carbocycles. The maximum absolute atomic E-state index is 2.66. The van der Waals surface area contributed by atoms with Crippen LogP contribution in [0.5, 0.6) is 0 Å². The van der Waals surface area contributed by atoms with Crippen LogP contribution in [-0.2, 0) is 0 Å². The molecule has 0 atom stereocenters. The highest BCUT2D eigenvalue weighted by Gasteiger charge is 2.47. The van der Waals surface area contributed by atoms with Crippen molar-refractivity contribution in [2.75, 3.05) is 14.7 Å². The zero-order valence-corrected chi connectivity index (χ0v) is 43.5. The SMILES string of the molecule is CC(C)c1cc(C(C)C)c(B2c3ccccc3N(c3ccccc3)c3cc4c(cc32)B2c3ccccc3N(c3ccccc3)c3cc(-n5c6ccccc6c6ccccc65)cc(c32)N4c2ccccc2)c(C(C)C)c1. The molecule has 0 saturated heterocycles. The molecule has 4 nitrogen and oxygen atoms in total. The molecule has 1 aromatic heterocycles. The van der Waals surface area contributed by atoms with Crippen molar-refractivity contribution in [2.24, 2.45) is 0 Å². The summed E-state index contributed by atoms with van der Waals surface area (Å²) in [5.74, 6) is 1.05. The van der Waals surface area contributed by atoms with E-state index in [2.05, 4.69) is 285 Å². The Morgan fingerprint density at radius 2 is 0.680 bits per heavy atom. The number of benzene rings is 10. The lowest BCUT2D eigenvalue weighted by molar-refractivity contribution is 0.812. The van der Waals surface area contributed by atoms with Crippen LogP contribution in [0.2, 0.25) is 0 Å². The standard InChI is InChI=1S/C69H58B2N4/c1-44(2)47-38-54(45(3)4)68(55(39-47)46(5)6)70-56-32-18-22-36-62(56)72(48-24-10-7-11-25-48)64-43-65-59(42-58(64)70)71-57-33-19-23-37-63(57)73(49-26-12-8-13-27-49)66-40-51(41-67(69(66)71)74(65)50-28-14-9-15-29-50)75-60-34-20-16-30-52(60)53-31-17-21-35-61(53)75/h7-46H,1-6H3. The van der Waals surface area contributed by atoms with Crippen LogP contribution >= 0.6 is 0 Å². The third kappa shape index (κ3) is 6.92. The Balaban J connectivity index is 1.14. The van der Waals surface area contributed by atoms with Gasteiger partial charge >= 0.3 is 0 Å². The van der Waals surface area contributed by atoms with Crippen LogP contribution in [0.15, 0.2) is 224 Å². The zero-order valence-electron chi connectivity index (χ0n) is 43.5. The van der Waals surface area contributed by atoms with Gasteiger partial charge in [-0.15, -0.1) is 0 Å². The predicted octanol–water partition coefficient (Wildman–Crippen LogP) is 14.5. The van der Waals surface area contributed by atoms with Crippen molar-refractivity contribution in [3.63, 3.8) is 0 Å². The fraction of sp³-hybridized carbons (Fsp3) is 0.130. The topological polar surface area (TPSA) is 14.7 Å². The van der Waals surface area contributed by atoms with Gasteiger partial charge in [0.05, 0.1) is 16.7 Å². The Kier molecular flexibility index (Phi) is 10.6. The van der Waals surface area contributed by atoms with E-state index in [4.69, 9.17) is 0 Å². The molecule has 6 heteroatoms. The monoisotopic (exact) mass is 964 g/mol. The van der Waals surface area contributed by atoms with Crippen molar-refractivity contribution >= 4 is 119 Å². The van der Waals surface area contributed by atoms with E-state index in [1.807, 2.05) is 0 Å². The summed E-state index contributed by atoms with van der Waals surface area (Å²) in [6, 6.07) is 84.7. The van der Waals surface area contributed by atoms with Crippen LogP contribution < -0.4 is 47.5 Å². The number of hydrogen-bond donors (Lipinski definition) is 0. The van der Waals surface area contributed by atoms with Crippen molar-refractivity contribution in [2.45, 2.75) is 59.3 Å². The van der Waals surface area contributed by atoms with Crippen LogP contribution in [0.1, 0.15) is 76.0 Å². The first-order valence-electron chi connectivity index (χ1n) is 27.0. The van der Waals surface area contributed by atoms with Gasteiger partial charge in [0.1, 0.15) is 0 Å². The lowest BCUT2D eigenvalue weighted by Gasteiger charge is -2.46. The Hall–Kier alpha value is -8.47. The molecule has 75 heavy (non-hydrogen) atoms. The van der Waals surface area contributed by atoms with Gasteiger partial charge in [-0.1, -0.05) is 193 Å². The van der Waals surface area contributed by atoms with Gasteiger partial charge in [-0.25, -0.2) is 0 Å². The number of fused-ring (bicyclic) bond motifs is 9. The van der Waals surface area contributed by atoms with Crippen molar-refractivity contribution in [3.8, 4) is 5.69 Å². The minimum absolute atomic E-state index is 0.0270. The van der Waals surface area contributed by atoms with E-state index in [9.17, 15) is 0 Å². The molecule has 0 saturated carbocycles. The number of para-hydroxylation sites is 7. The average Bonchev–Trinajstić information content (AvgIpc) is 3.79. The number of aromatic nitrogens is 1. The largest absolute Gasteiger partial charge is 0.311 e. The first-order chi connectivity index (χ1) is 36.7. The first kappa shape index (κ1) is 45.2. The molecule has 3 aliphatic heterocycles. The van der Waals surface area contributed by atoms with E-state index in [1.54, 1.807) is 0 Å². The molecular formula is C69H58B2N4. The van der Waals surface area contributed by atoms with E-state index >= 15 is 0 Å². The number of hydrogen-bond acceptors (Lipinski definition) is 3. The summed E-state index contributed by atoms with van der Waals surface area (Å²) < 4.78 is 2.49. The van der Waals surface area contributed by atoms with E-state index in [0.717, 1.165) is 22.7 Å². The molecule has 0 bridgehead atoms. The summed E-state index contributed by atoms with van der Waals surface area (Å²) in [6.07, 6.45) is 0. The summed E-state index contributed by atoms with van der Waals surface area (Å²) in [4.78, 5) is 7.68. The lowest BCUT2D eigenvalue weighted by Crippen LogP contribution is -2.64. The maximum atomic E-state index is 2.66. The Bertz CT molecular complexity index is 3950. The smallest absolute Gasteiger partial charge is 0.252 e. The third-order valence-electron chi connectivity index (χ3n) is 16.5. The molecule has 0 radical (unpaired) electrons. The Morgan fingerprint density at radius 3 is 1.13 bits per heavy atom. The van der Waals surface area contributed by atoms with Crippen LogP contribution in [0.25, 0.3) is 27.5 Å². The van der Waals surface area contributed by atoms with Gasteiger partial charge in [-0.2, -0.15) is 0 Å². The second-order valence-corrected chi connectivity index (χ2v) is 21.8. The van der Waals surface area contributed by atoms with Gasteiger partial charge in [-0.3, -0.25) is 0 Å². The van der Waals surface area contributed by atoms with Crippen LogP contribution in [0, 0.1) is 0 Å². The van der Waals surface area contributed by atoms with Crippen molar-refractivity contribution in [3.05, 3.63) is 241 Å². The molecule has 0 amide bonds. The highest BCUT2D eigenvalue weighted by molar-refractivity contribution is 7.02. The number of nitrogens with zero attached hydrogens (tertiary/aromatic N) is 4. The highest BCUT2D eigenvalue weighted by Crippen LogP contribution is 2.48. The second kappa shape index (κ2) is 17.6. The van der Waals surface area contributed by atoms with Crippen LogP contribution in [-0.4, -0.2) is 18.0 Å². The van der Waals surface area contributed by atoms with Gasteiger partial charge < -0.3 is 19.3 Å². The highest BCUT2D eigenvalue weighted by atomic mass is 15.2. The van der Waals surface area contributed by atoms with Gasteiger partial charge in [0, 0.05) is 62.0 Å². The van der Waals surface area contributed by atoms with Gasteiger partial charge in [0.2, 0.25) is 6.71 Å². The molecule has 360 valence electrons. The van der Waals surface area contributed by atoms with Gasteiger partial charge in [-0.05, 0) is 141 Å². The minimum atomic E-state index is -0.0842. The van der Waals surface area contributed by atoms with Crippen LogP contribution in [0.3, 0.4) is 0 Å². The molecule has 14 rings (SSSR count). The van der Waals surface area contributed by atoms with Gasteiger partial charge in [0.25, 0.3) is 6.71 Å². The fourth-order valence-electron chi connectivity index (χ4n) is 13.2. The Labute approximate surface area is 442 Å². The Morgan fingerprint density at radius 1 is 0.293 bits per heavy atom. The number of anilines is 9. The second-order valence-electron chi connectivity index (χ2n) is 21.8. The molecule has 11 aromatic rings. The summed E-state index contributed by atoms with van der Waals surface area (Å²) in [5.41, 5.74) is 26.4. The van der Waals surface area contributed by atoms with E-state index in [1.165, 1.54) is 105 Å². The predicted molar refractivity (Wildman–Crippen MR) is 323 cm³/mol. The van der Waals surface area contributed by atoms with E-state index in [-0.39, 0.29) is 13.4 Å². The van der Waals surface area contributed by atoms with E-state index in [0.29, 0.717) is 17.8 Å². The average molecular weight is 965 g/mol. The molecule has 0 spiro atoms. The van der Waals surface area contributed by atoms with Crippen LogP contribution in [0.4, 0.5) is 51.2 Å². The third-order valence-corrected chi connectivity index (χ3v) is 16.5. The van der Waals surface area contributed by atoms with Crippen molar-refractivity contribution in [1.82, 2.24) is 4.57 Å². The maximum Gasteiger partial charge on any atom is 0.252 e. The molecule has 10 aromatic carbocycles. The summed E-state index contributed by atoms with van der Waals surface area (Å²) >= 11 is 0.